The van der Waals surface area contributed by atoms with Crippen LogP contribution < -0.4 is 51.2 Å². The maximum Gasteiger partial charge on any atom is 1.00 e. The number of nitrogens with zero attached hydrogens (tertiary/aromatic N) is 1. The Hall–Kier alpha value is -1.73. The first-order valence-electron chi connectivity index (χ1n) is 9.94. The zero-order chi connectivity index (χ0) is 25.6. The number of carboxylic acid groups (broad SMARTS) is 1. The second kappa shape index (κ2) is 13.5. The average Bonchev–Trinajstić information content (AvgIpc) is 2.77. The number of carbonyl (C=O) groups is 2. The first kappa shape index (κ1) is 31.3. The molecular weight excluding hydrogens is 492 g/mol. The number of carbonyl (C=O) groups excluding carboxylic acids is 2. The number of carboxylic acids is 1. The van der Waals surface area contributed by atoms with Crippen LogP contribution in [-0.2, 0) is 30.5 Å². The molecule has 1 aromatic heterocycles. The van der Waals surface area contributed by atoms with Crippen molar-refractivity contribution in [1.82, 2.24) is 14.9 Å². The van der Waals surface area contributed by atoms with E-state index in [0.29, 0.717) is 10.8 Å². The van der Waals surface area contributed by atoms with Gasteiger partial charge in [-0.2, -0.15) is 4.39 Å². The molecule has 0 aromatic carbocycles. The summed E-state index contributed by atoms with van der Waals surface area (Å²) in [4.78, 5) is 47.6. The van der Waals surface area contributed by atoms with E-state index in [2.05, 4.69) is 5.32 Å². The summed E-state index contributed by atoms with van der Waals surface area (Å²) in [5.74, 6) is -6.50. The van der Waals surface area contributed by atoms with E-state index >= 15 is 0 Å². The van der Waals surface area contributed by atoms with Gasteiger partial charge < -0.3 is 49.9 Å². The largest absolute Gasteiger partial charge is 1.00 e. The van der Waals surface area contributed by atoms with Crippen LogP contribution in [0.15, 0.2) is 15.8 Å². The topological polar surface area (TPSA) is 233 Å². The van der Waals surface area contributed by atoms with Crippen molar-refractivity contribution in [2.24, 2.45) is 0 Å². The fraction of sp³-hybridized carbons (Fsp3) is 0.667. The Kier molecular flexibility index (Phi) is 12.1. The second-order valence-corrected chi connectivity index (χ2v) is 7.45. The van der Waals surface area contributed by atoms with Crippen molar-refractivity contribution in [3.05, 3.63) is 32.9 Å². The molecule has 1 aromatic rings. The summed E-state index contributed by atoms with van der Waals surface area (Å²) >= 11 is 0. The Bertz CT molecular complexity index is 990. The van der Waals surface area contributed by atoms with Crippen molar-refractivity contribution in [3.63, 3.8) is 0 Å². The van der Waals surface area contributed by atoms with Gasteiger partial charge in [-0.1, -0.05) is 0 Å². The summed E-state index contributed by atoms with van der Waals surface area (Å²) in [5, 5.41) is 53.7. The molecule has 0 radical (unpaired) electrons. The summed E-state index contributed by atoms with van der Waals surface area (Å²) in [6.07, 6.45) is -7.31. The minimum Gasteiger partial charge on any atom is -0.544 e. The molecule has 2 heterocycles. The van der Waals surface area contributed by atoms with Crippen LogP contribution in [0.25, 0.3) is 0 Å². The van der Waals surface area contributed by atoms with Gasteiger partial charge in [0.2, 0.25) is 17.5 Å². The van der Waals surface area contributed by atoms with Crippen LogP contribution >= 0.6 is 0 Å². The van der Waals surface area contributed by atoms with Crippen molar-refractivity contribution >= 4 is 11.9 Å². The van der Waals surface area contributed by atoms with Gasteiger partial charge >= 0.3 is 35.2 Å². The Labute approximate surface area is 218 Å². The van der Waals surface area contributed by atoms with Crippen LogP contribution in [0.4, 0.5) is 4.39 Å². The Morgan fingerprint density at radius 2 is 2.06 bits per heavy atom. The minimum atomic E-state index is -2.65. The molecule has 1 saturated heterocycles. The maximum atomic E-state index is 13.3. The van der Waals surface area contributed by atoms with Crippen LogP contribution in [0.3, 0.4) is 0 Å². The van der Waals surface area contributed by atoms with E-state index < -0.39 is 91.6 Å². The molecule has 0 unspecified atom stereocenters. The SMILES string of the molecule is CC(=O)N[C@H]1[C@H]([C@H](O)[C@H](O)CO)O[C@@](OCCOCn2cc(F)c(=O)[nH]c2=O)(C(=O)[O-])C[C@@H]1O.[Na+]. The van der Waals surface area contributed by atoms with Gasteiger partial charge in [0.25, 0.3) is 5.56 Å². The Morgan fingerprint density at radius 1 is 1.40 bits per heavy atom. The third kappa shape index (κ3) is 7.88. The van der Waals surface area contributed by atoms with Crippen molar-refractivity contribution < 1.29 is 83.3 Å². The number of halogens is 1. The summed E-state index contributed by atoms with van der Waals surface area (Å²) < 4.78 is 29.6. The molecule has 6 N–H and O–H groups in total. The fourth-order valence-electron chi connectivity index (χ4n) is 3.27. The first-order chi connectivity index (χ1) is 15.9. The number of nitrogens with one attached hydrogen (secondary N) is 2. The third-order valence-corrected chi connectivity index (χ3v) is 4.93. The molecule has 192 valence electrons. The Balaban J connectivity index is 0.00000612. The van der Waals surface area contributed by atoms with Gasteiger partial charge in [-0.15, -0.1) is 0 Å². The predicted octanol–water partition coefficient (Wildman–Crippen LogP) is -8.51. The second-order valence-electron chi connectivity index (χ2n) is 7.45. The van der Waals surface area contributed by atoms with E-state index in [1.807, 2.05) is 0 Å². The number of H-pyrrole nitrogens is 1. The van der Waals surface area contributed by atoms with E-state index in [0.717, 1.165) is 6.92 Å². The number of hydrogen-bond acceptors (Lipinski definition) is 12. The number of ether oxygens (including phenoxy) is 3. The van der Waals surface area contributed by atoms with Crippen LogP contribution in [0.1, 0.15) is 13.3 Å². The van der Waals surface area contributed by atoms with Gasteiger partial charge in [-0.25, -0.2) is 4.79 Å². The first-order valence-corrected chi connectivity index (χ1v) is 9.94. The summed E-state index contributed by atoms with van der Waals surface area (Å²) in [7, 11) is 0. The molecule has 2 rings (SSSR count). The summed E-state index contributed by atoms with van der Waals surface area (Å²) in [6.45, 7) is -1.30. The summed E-state index contributed by atoms with van der Waals surface area (Å²) in [6, 6.07) is -1.37. The number of rotatable bonds is 11. The van der Waals surface area contributed by atoms with Crippen molar-refractivity contribution in [2.75, 3.05) is 19.8 Å². The number of hydrogen-bond donors (Lipinski definition) is 6. The number of amides is 1. The molecule has 1 amide bonds. The molecule has 0 bridgehead atoms. The van der Waals surface area contributed by atoms with E-state index in [1.165, 1.54) is 0 Å². The zero-order valence-electron chi connectivity index (χ0n) is 18.9. The fourth-order valence-corrected chi connectivity index (χ4v) is 3.27. The number of aliphatic carboxylic acids is 1. The van der Waals surface area contributed by atoms with Crippen molar-refractivity contribution in [1.29, 1.82) is 0 Å². The standard InChI is InChI=1S/C18H26FN3O12.Na/c1-8(24)20-12-10(25)4-18(16(29)30,34-14(12)13(27)11(26)6-23)33-3-2-32-7-22-5-9(19)15(28)21-17(22)31;/h5,10-14,23,25-27H,2-4,6-7H2,1H3,(H,20,24)(H,29,30)(H,21,28,31);/q;+1/p-1/t10-,11+,12+,13+,14+,18+;/m0./s1. The molecule has 0 aliphatic carbocycles. The van der Waals surface area contributed by atoms with Crippen LogP contribution in [0.5, 0.6) is 0 Å². The average molecular weight is 517 g/mol. The number of aliphatic hydroxyl groups is 4. The molecule has 0 spiro atoms. The maximum absolute atomic E-state index is 13.3. The van der Waals surface area contributed by atoms with E-state index in [4.69, 9.17) is 19.3 Å². The van der Waals surface area contributed by atoms with Gasteiger partial charge in [-0.05, 0) is 0 Å². The van der Waals surface area contributed by atoms with Crippen LogP contribution in [0.2, 0.25) is 0 Å². The molecule has 1 aliphatic heterocycles. The molecule has 1 fully saturated rings. The number of aliphatic hydroxyl groups excluding tert-OH is 4. The normalized spacial score (nSPS) is 25.8. The zero-order valence-corrected chi connectivity index (χ0v) is 20.9. The van der Waals surface area contributed by atoms with Gasteiger partial charge in [-0.3, -0.25) is 19.1 Å². The number of aromatic amines is 1. The number of aromatic nitrogens is 2. The van der Waals surface area contributed by atoms with Gasteiger partial charge in [0.15, 0.2) is 0 Å². The Morgan fingerprint density at radius 3 is 2.63 bits per heavy atom. The van der Waals surface area contributed by atoms with Crippen molar-refractivity contribution in [2.45, 2.75) is 56.3 Å². The molecule has 17 heteroatoms. The van der Waals surface area contributed by atoms with E-state index in [-0.39, 0.29) is 36.2 Å². The molecule has 35 heavy (non-hydrogen) atoms. The smallest absolute Gasteiger partial charge is 0.544 e. The quantitative estimate of drug-likeness (QED) is 0.119. The molecule has 1 aliphatic rings. The van der Waals surface area contributed by atoms with Crippen molar-refractivity contribution in [3.8, 4) is 0 Å². The third-order valence-electron chi connectivity index (χ3n) is 4.93. The predicted molar refractivity (Wildman–Crippen MR) is 103 cm³/mol. The molecular formula is C18H25FN3NaO12. The minimum absolute atomic E-state index is 0. The van der Waals surface area contributed by atoms with Gasteiger partial charge in [0.05, 0.1) is 38.2 Å². The van der Waals surface area contributed by atoms with Gasteiger partial charge in [0, 0.05) is 13.3 Å². The molecule has 0 saturated carbocycles. The van der Waals surface area contributed by atoms with E-state index in [1.54, 1.807) is 4.98 Å². The summed E-state index contributed by atoms with van der Waals surface area (Å²) in [5.41, 5.74) is -2.17. The van der Waals surface area contributed by atoms with Gasteiger partial charge in [0.1, 0.15) is 31.0 Å². The molecule has 6 atom stereocenters. The van der Waals surface area contributed by atoms with Crippen LogP contribution in [-0.4, -0.2) is 97.9 Å². The molecule has 15 nitrogen and oxygen atoms in total. The van der Waals surface area contributed by atoms with E-state index in [9.17, 15) is 44.0 Å². The monoisotopic (exact) mass is 517 g/mol. The van der Waals surface area contributed by atoms with Crippen LogP contribution in [0, 0.1) is 5.82 Å².